The van der Waals surface area contributed by atoms with Crippen LogP contribution < -0.4 is 5.32 Å². The molecule has 2 aromatic carbocycles. The number of nitrogens with zero attached hydrogens (tertiary/aromatic N) is 1. The lowest BCUT2D eigenvalue weighted by atomic mass is 10.2. The van der Waals surface area contributed by atoms with Gasteiger partial charge in [-0.1, -0.05) is 11.6 Å². The van der Waals surface area contributed by atoms with Gasteiger partial charge < -0.3 is 5.32 Å². The molecule has 0 aliphatic rings. The van der Waals surface area contributed by atoms with Gasteiger partial charge in [0.25, 0.3) is 0 Å². The van der Waals surface area contributed by atoms with Gasteiger partial charge in [-0.2, -0.15) is 5.26 Å². The number of halogens is 3. The third-order valence-corrected chi connectivity index (χ3v) is 3.23. The Morgan fingerprint density at radius 1 is 1.17 bits per heavy atom. The van der Waals surface area contributed by atoms with Crippen molar-refractivity contribution in [3.8, 4) is 6.07 Å². The lowest BCUT2D eigenvalue weighted by molar-refractivity contribution is 0.628. The molecule has 0 spiro atoms. The highest BCUT2D eigenvalue weighted by atomic mass is 79.9. The third kappa shape index (κ3) is 2.81. The molecule has 0 aromatic heterocycles. The summed E-state index contributed by atoms with van der Waals surface area (Å²) < 4.78 is 13.9. The van der Waals surface area contributed by atoms with Crippen molar-refractivity contribution >= 4 is 38.9 Å². The number of rotatable bonds is 2. The van der Waals surface area contributed by atoms with E-state index in [-0.39, 0.29) is 5.82 Å². The van der Waals surface area contributed by atoms with E-state index in [1.165, 1.54) is 12.1 Å². The van der Waals surface area contributed by atoms with E-state index in [0.29, 0.717) is 26.4 Å². The van der Waals surface area contributed by atoms with Crippen LogP contribution in [0.25, 0.3) is 0 Å². The molecule has 0 bridgehead atoms. The lowest BCUT2D eigenvalue weighted by Gasteiger charge is -2.10. The number of benzene rings is 2. The molecule has 5 heteroatoms. The maximum absolute atomic E-state index is 13.1. The van der Waals surface area contributed by atoms with Gasteiger partial charge in [-0.25, -0.2) is 4.39 Å². The van der Waals surface area contributed by atoms with E-state index in [1.54, 1.807) is 24.3 Å². The summed E-state index contributed by atoms with van der Waals surface area (Å²) >= 11 is 9.12. The minimum atomic E-state index is -0.354. The largest absolute Gasteiger partial charge is 0.353 e. The molecule has 0 radical (unpaired) electrons. The molecule has 18 heavy (non-hydrogen) atoms. The Hall–Kier alpha value is -1.57. The first-order valence-corrected chi connectivity index (χ1v) is 6.19. The third-order valence-electron chi connectivity index (χ3n) is 2.30. The van der Waals surface area contributed by atoms with E-state index in [4.69, 9.17) is 16.9 Å². The molecule has 1 N–H and O–H groups in total. The van der Waals surface area contributed by atoms with Gasteiger partial charge in [0, 0.05) is 9.50 Å². The van der Waals surface area contributed by atoms with Crippen LogP contribution >= 0.6 is 27.5 Å². The van der Waals surface area contributed by atoms with Crippen molar-refractivity contribution in [3.05, 3.63) is 57.3 Å². The Morgan fingerprint density at radius 3 is 2.67 bits per heavy atom. The van der Waals surface area contributed by atoms with Crippen molar-refractivity contribution in [2.45, 2.75) is 0 Å². The highest BCUT2D eigenvalue weighted by molar-refractivity contribution is 9.10. The first-order chi connectivity index (χ1) is 8.60. The molecule has 0 heterocycles. The van der Waals surface area contributed by atoms with Crippen molar-refractivity contribution in [1.29, 1.82) is 5.26 Å². The van der Waals surface area contributed by atoms with Crippen LogP contribution in [0.15, 0.2) is 40.9 Å². The van der Waals surface area contributed by atoms with Gasteiger partial charge in [0.05, 0.1) is 16.9 Å². The molecule has 2 aromatic rings. The van der Waals surface area contributed by atoms with Crippen LogP contribution in [0.4, 0.5) is 15.8 Å². The smallest absolute Gasteiger partial charge is 0.125 e. The minimum absolute atomic E-state index is 0.354. The van der Waals surface area contributed by atoms with Gasteiger partial charge in [0.15, 0.2) is 0 Å². The normalized spacial score (nSPS) is 9.89. The molecule has 0 saturated carbocycles. The molecule has 0 fully saturated rings. The molecule has 0 atom stereocenters. The molecular formula is C13H7BrClFN2. The summed E-state index contributed by atoms with van der Waals surface area (Å²) in [5.74, 6) is -0.354. The van der Waals surface area contributed by atoms with Gasteiger partial charge in [0.1, 0.15) is 11.9 Å². The van der Waals surface area contributed by atoms with Crippen molar-refractivity contribution in [3.63, 3.8) is 0 Å². The van der Waals surface area contributed by atoms with Gasteiger partial charge in [-0.15, -0.1) is 0 Å². The second-order valence-corrected chi connectivity index (χ2v) is 4.84. The second kappa shape index (κ2) is 5.38. The van der Waals surface area contributed by atoms with Crippen molar-refractivity contribution in [2.24, 2.45) is 0 Å². The highest BCUT2D eigenvalue weighted by Gasteiger charge is 2.06. The van der Waals surface area contributed by atoms with Crippen molar-refractivity contribution < 1.29 is 4.39 Å². The van der Waals surface area contributed by atoms with E-state index in [1.807, 2.05) is 6.07 Å². The summed E-state index contributed by atoms with van der Waals surface area (Å²) in [4.78, 5) is 0. The molecule has 90 valence electrons. The Kier molecular flexibility index (Phi) is 3.85. The molecule has 0 unspecified atom stereocenters. The second-order valence-electron chi connectivity index (χ2n) is 3.55. The van der Waals surface area contributed by atoms with Crippen LogP contribution in [0.3, 0.4) is 0 Å². The van der Waals surface area contributed by atoms with Crippen molar-refractivity contribution in [1.82, 2.24) is 0 Å². The molecule has 2 rings (SSSR count). The van der Waals surface area contributed by atoms with Crippen LogP contribution in [0.2, 0.25) is 5.02 Å². The van der Waals surface area contributed by atoms with Gasteiger partial charge in [0.2, 0.25) is 0 Å². The topological polar surface area (TPSA) is 35.8 Å². The van der Waals surface area contributed by atoms with Crippen molar-refractivity contribution in [2.75, 3.05) is 5.32 Å². The number of hydrogen-bond acceptors (Lipinski definition) is 2. The average molecular weight is 326 g/mol. The zero-order chi connectivity index (χ0) is 13.1. The van der Waals surface area contributed by atoms with Crippen LogP contribution in [0.5, 0.6) is 0 Å². The average Bonchev–Trinajstić information content (AvgIpc) is 2.36. The predicted molar refractivity (Wildman–Crippen MR) is 73.5 cm³/mol. The number of nitriles is 1. The summed E-state index contributed by atoms with van der Waals surface area (Å²) in [6.07, 6.45) is 0. The first-order valence-electron chi connectivity index (χ1n) is 5.02. The van der Waals surface area contributed by atoms with Gasteiger partial charge in [-0.3, -0.25) is 0 Å². The molecular weight excluding hydrogens is 319 g/mol. The SMILES string of the molecule is N#Cc1cc(Cl)ccc1Nc1cc(F)ccc1Br. The zero-order valence-electron chi connectivity index (χ0n) is 9.05. The van der Waals surface area contributed by atoms with Gasteiger partial charge in [-0.05, 0) is 52.3 Å². The van der Waals surface area contributed by atoms with E-state index in [0.717, 1.165) is 0 Å². The van der Waals surface area contributed by atoms with E-state index in [9.17, 15) is 4.39 Å². The summed E-state index contributed by atoms with van der Waals surface area (Å²) in [5.41, 5.74) is 1.53. The molecule has 0 aliphatic carbocycles. The Balaban J connectivity index is 2.40. The number of nitrogens with one attached hydrogen (secondary N) is 1. The van der Waals surface area contributed by atoms with Gasteiger partial charge >= 0.3 is 0 Å². The fourth-order valence-corrected chi connectivity index (χ4v) is 1.97. The van der Waals surface area contributed by atoms with Crippen LogP contribution in [0.1, 0.15) is 5.56 Å². The van der Waals surface area contributed by atoms with Crippen LogP contribution in [-0.4, -0.2) is 0 Å². The fraction of sp³-hybridized carbons (Fsp3) is 0. The monoisotopic (exact) mass is 324 g/mol. The Morgan fingerprint density at radius 2 is 1.94 bits per heavy atom. The molecule has 0 saturated heterocycles. The minimum Gasteiger partial charge on any atom is -0.353 e. The maximum atomic E-state index is 13.1. The summed E-state index contributed by atoms with van der Waals surface area (Å²) in [7, 11) is 0. The quantitative estimate of drug-likeness (QED) is 0.856. The molecule has 0 amide bonds. The fourth-order valence-electron chi connectivity index (χ4n) is 1.46. The number of anilines is 2. The Bertz CT molecular complexity index is 637. The van der Waals surface area contributed by atoms with Crippen LogP contribution in [0, 0.1) is 17.1 Å². The predicted octanol–water partition coefficient (Wildman–Crippen LogP) is 4.86. The van der Waals surface area contributed by atoms with E-state index < -0.39 is 0 Å². The molecule has 0 aliphatic heterocycles. The summed E-state index contributed by atoms with van der Waals surface area (Å²) in [6, 6.07) is 11.2. The standard InChI is InChI=1S/C13H7BrClFN2/c14-11-3-2-10(16)6-13(11)18-12-4-1-9(15)5-8(12)7-17/h1-6,18H. The lowest BCUT2D eigenvalue weighted by Crippen LogP contribution is -1.95. The van der Waals surface area contributed by atoms with E-state index >= 15 is 0 Å². The Labute approximate surface area is 117 Å². The highest BCUT2D eigenvalue weighted by Crippen LogP contribution is 2.29. The summed E-state index contributed by atoms with van der Waals surface area (Å²) in [6.45, 7) is 0. The summed E-state index contributed by atoms with van der Waals surface area (Å²) in [5, 5.41) is 12.5. The van der Waals surface area contributed by atoms with Crippen LogP contribution in [-0.2, 0) is 0 Å². The maximum Gasteiger partial charge on any atom is 0.125 e. The number of hydrogen-bond donors (Lipinski definition) is 1. The first kappa shape index (κ1) is 12.9. The zero-order valence-corrected chi connectivity index (χ0v) is 11.4. The molecule has 2 nitrogen and oxygen atoms in total. The van der Waals surface area contributed by atoms with E-state index in [2.05, 4.69) is 21.2 Å².